The lowest BCUT2D eigenvalue weighted by atomic mass is 10.1. The van der Waals surface area contributed by atoms with Gasteiger partial charge in [0.1, 0.15) is 5.75 Å². The summed E-state index contributed by atoms with van der Waals surface area (Å²) in [7, 11) is 0.361. The first-order valence-electron chi connectivity index (χ1n) is 9.70. The smallest absolute Gasteiger partial charge is 0.123 e. The van der Waals surface area contributed by atoms with Crippen molar-refractivity contribution < 1.29 is 5.11 Å². The second-order valence-corrected chi connectivity index (χ2v) is 8.41. The molecule has 2 nitrogen and oxygen atoms in total. The average Bonchev–Trinajstić information content (AvgIpc) is 2.75. The van der Waals surface area contributed by atoms with Gasteiger partial charge >= 0.3 is 0 Å². The van der Waals surface area contributed by atoms with E-state index in [-0.39, 0.29) is 0 Å². The molecule has 0 aromatic heterocycles. The van der Waals surface area contributed by atoms with Crippen LogP contribution in [0.15, 0.2) is 97.1 Å². The molecule has 0 aliphatic rings. The highest BCUT2D eigenvalue weighted by atomic mass is 31.1. The molecule has 4 rings (SSSR count). The lowest BCUT2D eigenvalue weighted by molar-refractivity contribution is 0.479. The van der Waals surface area contributed by atoms with Gasteiger partial charge in [-0.3, -0.25) is 0 Å². The minimum atomic E-state index is 0.356. The van der Waals surface area contributed by atoms with E-state index in [0.717, 1.165) is 27.9 Å². The first-order chi connectivity index (χ1) is 14.1. The van der Waals surface area contributed by atoms with Crippen LogP contribution in [0.25, 0.3) is 0 Å². The minimum absolute atomic E-state index is 0.356. The minimum Gasteiger partial charge on any atom is -0.507 e. The lowest BCUT2D eigenvalue weighted by Crippen LogP contribution is -2.19. The molecular formula is C26H24NOP. The summed E-state index contributed by atoms with van der Waals surface area (Å²) in [5.41, 5.74) is 5.75. The van der Waals surface area contributed by atoms with Gasteiger partial charge in [-0.05, 0) is 61.9 Å². The molecule has 0 saturated heterocycles. The molecule has 0 saturated carbocycles. The standard InChI is InChI=1S/C26H24NOP/c1-19-16-17-24(28)25(18-19)29-26-20(2)10-9-15-23(26)27(21-11-5-3-6-12-21)22-13-7-4-8-14-22/h3-18,28-29H,1-2H3. The maximum atomic E-state index is 10.4. The van der Waals surface area contributed by atoms with Crippen molar-refractivity contribution in [3.63, 3.8) is 0 Å². The maximum absolute atomic E-state index is 10.4. The summed E-state index contributed by atoms with van der Waals surface area (Å²) >= 11 is 0. The third-order valence-electron chi connectivity index (χ3n) is 4.93. The summed E-state index contributed by atoms with van der Waals surface area (Å²) in [6.45, 7) is 4.21. The topological polar surface area (TPSA) is 23.5 Å². The number of benzene rings is 4. The Morgan fingerprint density at radius 3 is 1.93 bits per heavy atom. The molecule has 0 amide bonds. The highest BCUT2D eigenvalue weighted by molar-refractivity contribution is 7.56. The van der Waals surface area contributed by atoms with E-state index in [2.05, 4.69) is 91.5 Å². The Kier molecular flexibility index (Phi) is 5.64. The van der Waals surface area contributed by atoms with Crippen LogP contribution in [0.1, 0.15) is 11.1 Å². The molecule has 4 aromatic carbocycles. The molecule has 3 heteroatoms. The predicted octanol–water partition coefficient (Wildman–Crippen LogP) is 6.11. The van der Waals surface area contributed by atoms with Crippen LogP contribution in [-0.4, -0.2) is 5.11 Å². The van der Waals surface area contributed by atoms with Crippen LogP contribution < -0.4 is 15.5 Å². The number of anilines is 3. The first kappa shape index (κ1) is 19.2. The van der Waals surface area contributed by atoms with E-state index in [1.165, 1.54) is 10.9 Å². The summed E-state index contributed by atoms with van der Waals surface area (Å²) in [5.74, 6) is 0.356. The second-order valence-electron chi connectivity index (χ2n) is 7.12. The van der Waals surface area contributed by atoms with Crippen LogP contribution >= 0.6 is 8.58 Å². The second kappa shape index (κ2) is 8.51. The summed E-state index contributed by atoms with van der Waals surface area (Å²) in [4.78, 5) is 2.29. The van der Waals surface area contributed by atoms with E-state index in [0.29, 0.717) is 14.3 Å². The van der Waals surface area contributed by atoms with Crippen molar-refractivity contribution >= 4 is 36.3 Å². The van der Waals surface area contributed by atoms with E-state index in [1.807, 2.05) is 18.2 Å². The normalized spacial score (nSPS) is 11.1. The van der Waals surface area contributed by atoms with Gasteiger partial charge in [0.25, 0.3) is 0 Å². The fourth-order valence-corrected chi connectivity index (χ4v) is 4.85. The van der Waals surface area contributed by atoms with Gasteiger partial charge in [-0.1, -0.05) is 68.7 Å². The molecule has 29 heavy (non-hydrogen) atoms. The SMILES string of the molecule is Cc1ccc(O)c(Pc2c(C)cccc2N(c2ccccc2)c2ccccc2)c1. The highest BCUT2D eigenvalue weighted by Gasteiger charge is 2.18. The van der Waals surface area contributed by atoms with E-state index in [1.54, 1.807) is 6.07 Å². The van der Waals surface area contributed by atoms with E-state index in [4.69, 9.17) is 0 Å². The van der Waals surface area contributed by atoms with Gasteiger partial charge in [0.05, 0.1) is 5.69 Å². The Bertz CT molecular complexity index is 1070. The van der Waals surface area contributed by atoms with Gasteiger partial charge < -0.3 is 10.0 Å². The van der Waals surface area contributed by atoms with Crippen LogP contribution in [0.5, 0.6) is 5.75 Å². The summed E-state index contributed by atoms with van der Waals surface area (Å²) in [5, 5.41) is 12.7. The van der Waals surface area contributed by atoms with E-state index < -0.39 is 0 Å². The molecule has 1 unspecified atom stereocenters. The van der Waals surface area contributed by atoms with Gasteiger partial charge in [0.2, 0.25) is 0 Å². The van der Waals surface area contributed by atoms with Crippen LogP contribution in [-0.2, 0) is 0 Å². The molecule has 0 radical (unpaired) electrons. The number of hydrogen-bond acceptors (Lipinski definition) is 2. The Morgan fingerprint density at radius 2 is 1.31 bits per heavy atom. The number of phenols is 1. The molecule has 0 aliphatic heterocycles. The quantitative estimate of drug-likeness (QED) is 0.411. The number of nitrogens with zero attached hydrogens (tertiary/aromatic N) is 1. The predicted molar refractivity (Wildman–Crippen MR) is 126 cm³/mol. The zero-order valence-electron chi connectivity index (χ0n) is 16.6. The first-order valence-corrected chi connectivity index (χ1v) is 10.7. The molecule has 0 spiro atoms. The summed E-state index contributed by atoms with van der Waals surface area (Å²) < 4.78 is 0. The molecule has 0 heterocycles. The van der Waals surface area contributed by atoms with Gasteiger partial charge in [0.15, 0.2) is 0 Å². The van der Waals surface area contributed by atoms with Crippen molar-refractivity contribution in [3.8, 4) is 5.75 Å². The maximum Gasteiger partial charge on any atom is 0.123 e. The third-order valence-corrected chi connectivity index (χ3v) is 6.50. The number of aromatic hydroxyl groups is 1. The Labute approximate surface area is 174 Å². The number of para-hydroxylation sites is 2. The molecule has 1 N–H and O–H groups in total. The molecule has 0 bridgehead atoms. The molecule has 0 fully saturated rings. The zero-order valence-corrected chi connectivity index (χ0v) is 17.6. The largest absolute Gasteiger partial charge is 0.507 e. The van der Waals surface area contributed by atoms with Crippen molar-refractivity contribution in [1.29, 1.82) is 0 Å². The number of phenolic OH excluding ortho intramolecular Hbond substituents is 1. The van der Waals surface area contributed by atoms with Crippen molar-refractivity contribution in [1.82, 2.24) is 0 Å². The van der Waals surface area contributed by atoms with Gasteiger partial charge in [-0.2, -0.15) is 0 Å². The lowest BCUT2D eigenvalue weighted by Gasteiger charge is -2.28. The molecule has 144 valence electrons. The molecule has 1 atom stereocenters. The molecular weight excluding hydrogens is 373 g/mol. The van der Waals surface area contributed by atoms with E-state index in [9.17, 15) is 5.11 Å². The van der Waals surface area contributed by atoms with Gasteiger partial charge in [-0.15, -0.1) is 0 Å². The van der Waals surface area contributed by atoms with Crippen molar-refractivity contribution in [2.24, 2.45) is 0 Å². The van der Waals surface area contributed by atoms with Gasteiger partial charge in [-0.25, -0.2) is 0 Å². The summed E-state index contributed by atoms with van der Waals surface area (Å²) in [6, 6.07) is 33.1. The Hall–Kier alpha value is -3.09. The van der Waals surface area contributed by atoms with Gasteiger partial charge in [0, 0.05) is 22.0 Å². The third kappa shape index (κ3) is 4.18. The number of rotatable bonds is 5. The number of hydrogen-bond donors (Lipinski definition) is 1. The average molecular weight is 397 g/mol. The van der Waals surface area contributed by atoms with Crippen LogP contribution in [0.4, 0.5) is 17.1 Å². The molecule has 4 aromatic rings. The van der Waals surface area contributed by atoms with Crippen LogP contribution in [0.3, 0.4) is 0 Å². The van der Waals surface area contributed by atoms with Crippen LogP contribution in [0.2, 0.25) is 0 Å². The zero-order chi connectivity index (χ0) is 20.2. The Morgan fingerprint density at radius 1 is 0.690 bits per heavy atom. The van der Waals surface area contributed by atoms with E-state index >= 15 is 0 Å². The fourth-order valence-electron chi connectivity index (χ4n) is 3.47. The number of aryl methyl sites for hydroxylation is 2. The molecule has 0 aliphatic carbocycles. The highest BCUT2D eigenvalue weighted by Crippen LogP contribution is 2.36. The fraction of sp³-hybridized carbons (Fsp3) is 0.0769. The van der Waals surface area contributed by atoms with Crippen LogP contribution in [0, 0.1) is 13.8 Å². The Balaban J connectivity index is 1.88. The van der Waals surface area contributed by atoms with Crippen molar-refractivity contribution in [2.75, 3.05) is 4.90 Å². The summed E-state index contributed by atoms with van der Waals surface area (Å²) in [6.07, 6.45) is 0. The van der Waals surface area contributed by atoms with Crippen molar-refractivity contribution in [3.05, 3.63) is 108 Å². The van der Waals surface area contributed by atoms with Crippen molar-refractivity contribution in [2.45, 2.75) is 13.8 Å². The monoisotopic (exact) mass is 397 g/mol.